The topological polar surface area (TPSA) is 80.5 Å². The van der Waals surface area contributed by atoms with E-state index in [-0.39, 0.29) is 29.0 Å². The number of nitrogens with one attached hydrogen (secondary N) is 1. The summed E-state index contributed by atoms with van der Waals surface area (Å²) in [5.74, 6) is 1.49. The van der Waals surface area contributed by atoms with Crippen molar-refractivity contribution in [3.63, 3.8) is 0 Å². The van der Waals surface area contributed by atoms with E-state index in [1.165, 1.54) is 0 Å². The molecule has 1 fully saturated rings. The van der Waals surface area contributed by atoms with E-state index in [2.05, 4.69) is 36.2 Å². The van der Waals surface area contributed by atoms with Gasteiger partial charge in [0.15, 0.2) is 5.82 Å². The van der Waals surface area contributed by atoms with E-state index in [0.717, 1.165) is 6.42 Å². The summed E-state index contributed by atoms with van der Waals surface area (Å²) < 4.78 is 10.8. The van der Waals surface area contributed by atoms with Gasteiger partial charge in [-0.05, 0) is 13.3 Å². The fraction of sp³-hybridized carbons (Fsp3) is 0.824. The summed E-state index contributed by atoms with van der Waals surface area (Å²) in [6.07, 6.45) is 1.37. The molecule has 0 radical (unpaired) electrons. The van der Waals surface area contributed by atoms with Gasteiger partial charge in [0.25, 0.3) is 0 Å². The van der Waals surface area contributed by atoms with Crippen LogP contribution in [0.1, 0.15) is 58.7 Å². The van der Waals surface area contributed by atoms with Crippen LogP contribution < -0.4 is 5.32 Å². The van der Waals surface area contributed by atoms with Gasteiger partial charge in [0, 0.05) is 44.5 Å². The van der Waals surface area contributed by atoms with Gasteiger partial charge in [0.2, 0.25) is 5.89 Å². The lowest BCUT2D eigenvalue weighted by atomic mass is 9.55. The van der Waals surface area contributed by atoms with Crippen LogP contribution in [0.3, 0.4) is 0 Å². The van der Waals surface area contributed by atoms with E-state index in [4.69, 9.17) is 9.26 Å². The minimum absolute atomic E-state index is 0.0881. The number of carbonyl (C=O) groups is 1. The van der Waals surface area contributed by atoms with Crippen molar-refractivity contribution in [3.05, 3.63) is 11.7 Å². The molecule has 2 rings (SSSR count). The van der Waals surface area contributed by atoms with Crippen LogP contribution in [0.4, 0.5) is 4.79 Å². The molecule has 1 heterocycles. The molecule has 136 valence electrons. The molecular weight excluding hydrogens is 308 g/mol. The number of ether oxygens (including phenoxy) is 1. The molecule has 1 saturated carbocycles. The second kappa shape index (κ2) is 6.70. The van der Waals surface area contributed by atoms with Crippen molar-refractivity contribution < 1.29 is 14.1 Å². The van der Waals surface area contributed by atoms with Crippen molar-refractivity contribution in [2.75, 3.05) is 20.7 Å². The van der Waals surface area contributed by atoms with Gasteiger partial charge < -0.3 is 19.5 Å². The molecule has 0 aromatic carbocycles. The lowest BCUT2D eigenvalue weighted by Gasteiger charge is -2.61. The predicted octanol–water partition coefficient (Wildman–Crippen LogP) is 2.58. The molecule has 7 nitrogen and oxygen atoms in total. The highest BCUT2D eigenvalue weighted by atomic mass is 16.5. The highest BCUT2D eigenvalue weighted by Gasteiger charge is 2.59. The maximum atomic E-state index is 12.4. The SMILES string of the molecule is CO[C@@]1(C)C[C@@H](N(C)C(=O)NCCc2nc(C(C)C)no2)C1(C)C. The van der Waals surface area contributed by atoms with E-state index in [1.54, 1.807) is 12.0 Å². The zero-order valence-corrected chi connectivity index (χ0v) is 15.8. The number of methoxy groups -OCH3 is 1. The predicted molar refractivity (Wildman–Crippen MR) is 90.9 cm³/mol. The number of amides is 2. The summed E-state index contributed by atoms with van der Waals surface area (Å²) in [6.45, 7) is 10.9. The minimum atomic E-state index is -0.191. The monoisotopic (exact) mass is 338 g/mol. The molecule has 0 unspecified atom stereocenters. The molecule has 2 amide bonds. The molecule has 24 heavy (non-hydrogen) atoms. The molecule has 0 aliphatic heterocycles. The minimum Gasteiger partial charge on any atom is -0.378 e. The van der Waals surface area contributed by atoms with Crippen LogP contribution in [-0.2, 0) is 11.2 Å². The first-order chi connectivity index (χ1) is 11.1. The van der Waals surface area contributed by atoms with Crippen molar-refractivity contribution in [2.45, 2.75) is 65.0 Å². The Balaban J connectivity index is 1.82. The molecule has 1 aliphatic carbocycles. The van der Waals surface area contributed by atoms with Gasteiger partial charge in [0.05, 0.1) is 5.60 Å². The Morgan fingerprint density at radius 1 is 1.46 bits per heavy atom. The van der Waals surface area contributed by atoms with Crippen molar-refractivity contribution >= 4 is 6.03 Å². The fourth-order valence-electron chi connectivity index (χ4n) is 3.22. The van der Waals surface area contributed by atoms with Crippen LogP contribution >= 0.6 is 0 Å². The Kier molecular flexibility index (Phi) is 5.22. The van der Waals surface area contributed by atoms with E-state index >= 15 is 0 Å². The largest absolute Gasteiger partial charge is 0.378 e. The lowest BCUT2D eigenvalue weighted by Crippen LogP contribution is -2.69. The maximum absolute atomic E-state index is 12.4. The summed E-state index contributed by atoms with van der Waals surface area (Å²) in [5, 5.41) is 6.84. The third kappa shape index (κ3) is 3.27. The molecule has 0 saturated heterocycles. The van der Waals surface area contributed by atoms with E-state index < -0.39 is 0 Å². The fourth-order valence-corrected chi connectivity index (χ4v) is 3.22. The van der Waals surface area contributed by atoms with Gasteiger partial charge in [0.1, 0.15) is 0 Å². The number of urea groups is 1. The highest BCUT2D eigenvalue weighted by molar-refractivity contribution is 5.74. The van der Waals surface area contributed by atoms with Gasteiger partial charge in [-0.25, -0.2) is 4.79 Å². The average molecular weight is 338 g/mol. The summed E-state index contributed by atoms with van der Waals surface area (Å²) in [6, 6.07) is 0.0632. The van der Waals surface area contributed by atoms with Crippen LogP contribution in [0, 0.1) is 5.41 Å². The Labute approximate surface area is 144 Å². The third-order valence-electron chi connectivity index (χ3n) is 5.63. The Morgan fingerprint density at radius 3 is 2.62 bits per heavy atom. The second-order valence-corrected chi connectivity index (χ2v) is 7.67. The van der Waals surface area contributed by atoms with Gasteiger partial charge in [-0.1, -0.05) is 32.9 Å². The van der Waals surface area contributed by atoms with Crippen LogP contribution in [-0.4, -0.2) is 53.4 Å². The smallest absolute Gasteiger partial charge is 0.317 e. The van der Waals surface area contributed by atoms with Gasteiger partial charge >= 0.3 is 6.03 Å². The average Bonchev–Trinajstić information content (AvgIpc) is 3.00. The highest BCUT2D eigenvalue weighted by Crippen LogP contribution is 2.53. The molecule has 7 heteroatoms. The van der Waals surface area contributed by atoms with Crippen LogP contribution in [0.15, 0.2) is 4.52 Å². The number of aromatic nitrogens is 2. The van der Waals surface area contributed by atoms with Crippen LogP contribution in [0.25, 0.3) is 0 Å². The third-order valence-corrected chi connectivity index (χ3v) is 5.63. The normalized spacial score (nSPS) is 25.4. The summed E-state index contributed by atoms with van der Waals surface area (Å²) in [5.41, 5.74) is -0.282. The Morgan fingerprint density at radius 2 is 2.12 bits per heavy atom. The molecule has 0 spiro atoms. The van der Waals surface area contributed by atoms with Gasteiger partial charge in [-0.3, -0.25) is 0 Å². The van der Waals surface area contributed by atoms with Crippen LogP contribution in [0.2, 0.25) is 0 Å². The summed E-state index contributed by atoms with van der Waals surface area (Å²) in [7, 11) is 3.56. The van der Waals surface area contributed by atoms with Gasteiger partial charge in [-0.2, -0.15) is 4.98 Å². The first-order valence-corrected chi connectivity index (χ1v) is 8.50. The quantitative estimate of drug-likeness (QED) is 0.862. The zero-order valence-electron chi connectivity index (χ0n) is 15.8. The van der Waals surface area contributed by atoms with Crippen molar-refractivity contribution in [2.24, 2.45) is 5.41 Å². The van der Waals surface area contributed by atoms with E-state index in [9.17, 15) is 4.79 Å². The lowest BCUT2D eigenvalue weighted by molar-refractivity contribution is -0.198. The van der Waals surface area contributed by atoms with E-state index in [0.29, 0.717) is 24.7 Å². The molecular formula is C17H30N4O3. The maximum Gasteiger partial charge on any atom is 0.317 e. The molecule has 1 aliphatic rings. The number of carbonyl (C=O) groups excluding carboxylic acids is 1. The summed E-state index contributed by atoms with van der Waals surface area (Å²) in [4.78, 5) is 18.5. The Bertz CT molecular complexity index is 584. The van der Waals surface area contributed by atoms with Crippen molar-refractivity contribution in [1.82, 2.24) is 20.4 Å². The van der Waals surface area contributed by atoms with Crippen molar-refractivity contribution in [1.29, 1.82) is 0 Å². The van der Waals surface area contributed by atoms with Crippen molar-refractivity contribution in [3.8, 4) is 0 Å². The Hall–Kier alpha value is -1.63. The zero-order chi connectivity index (χ0) is 18.1. The molecule has 1 N–H and O–H groups in total. The molecule has 0 bridgehead atoms. The van der Waals surface area contributed by atoms with E-state index in [1.807, 2.05) is 20.9 Å². The standard InChI is InChI=1S/C17H30N4O3/c1-11(2)14-19-13(24-20-14)8-9-18-15(22)21(6)12-10-17(5,23-7)16(12,3)4/h11-12H,8-10H2,1-7H3,(H,18,22)/t12-,17+/m1/s1. The number of hydrogen-bond acceptors (Lipinski definition) is 5. The summed E-state index contributed by atoms with van der Waals surface area (Å²) >= 11 is 0. The molecule has 2 atom stereocenters. The van der Waals surface area contributed by atoms with Crippen LogP contribution in [0.5, 0.6) is 0 Å². The first kappa shape index (κ1) is 18.7. The number of hydrogen-bond donors (Lipinski definition) is 1. The number of nitrogens with zero attached hydrogens (tertiary/aromatic N) is 3. The molecule has 1 aromatic rings. The number of rotatable bonds is 6. The van der Waals surface area contributed by atoms with Gasteiger partial charge in [-0.15, -0.1) is 0 Å². The first-order valence-electron chi connectivity index (χ1n) is 8.50. The second-order valence-electron chi connectivity index (χ2n) is 7.67. The molecule has 1 aromatic heterocycles.